The highest BCUT2D eigenvalue weighted by atomic mass is 32.2. The van der Waals surface area contributed by atoms with Crippen LogP contribution in [0.25, 0.3) is 0 Å². The fourth-order valence-electron chi connectivity index (χ4n) is 1.95. The Kier molecular flexibility index (Phi) is 3.97. The maximum absolute atomic E-state index is 12.2. The lowest BCUT2D eigenvalue weighted by Crippen LogP contribution is -2.41. The molecule has 0 bridgehead atoms. The largest absolute Gasteiger partial charge is 0.494 e. The molecule has 0 radical (unpaired) electrons. The molecule has 0 unspecified atom stereocenters. The van der Waals surface area contributed by atoms with Crippen LogP contribution in [0.15, 0.2) is 23.4 Å². The van der Waals surface area contributed by atoms with E-state index in [1.807, 2.05) is 27.7 Å². The van der Waals surface area contributed by atoms with Gasteiger partial charge in [-0.15, -0.1) is 0 Å². The second kappa shape index (κ2) is 5.07. The van der Waals surface area contributed by atoms with Crippen LogP contribution in [0.3, 0.4) is 0 Å². The van der Waals surface area contributed by atoms with Crippen molar-refractivity contribution in [2.45, 2.75) is 63.0 Å². The first kappa shape index (κ1) is 16.5. The van der Waals surface area contributed by atoms with Crippen molar-refractivity contribution in [2.75, 3.05) is 0 Å². The molecule has 1 aliphatic heterocycles. The third-order valence-corrected chi connectivity index (χ3v) is 6.24. The van der Waals surface area contributed by atoms with E-state index >= 15 is 0 Å². The molecule has 0 saturated carbocycles. The number of pyridine rings is 1. The van der Waals surface area contributed by atoms with Gasteiger partial charge in [-0.3, -0.25) is 0 Å². The van der Waals surface area contributed by atoms with E-state index in [0.29, 0.717) is 5.46 Å². The molecule has 2 heterocycles. The second-order valence-corrected chi connectivity index (χ2v) is 9.06. The predicted molar refractivity (Wildman–Crippen MR) is 82.3 cm³/mol. The molecule has 0 spiro atoms. The van der Waals surface area contributed by atoms with Gasteiger partial charge in [0.15, 0.2) is 14.9 Å². The minimum Gasteiger partial charge on any atom is -0.399 e. The quantitative estimate of drug-likeness (QED) is 0.793. The minimum absolute atomic E-state index is 0.0599. The van der Waals surface area contributed by atoms with E-state index in [-0.39, 0.29) is 5.03 Å². The first-order valence-corrected chi connectivity index (χ1v) is 8.57. The molecule has 5 nitrogen and oxygen atoms in total. The van der Waals surface area contributed by atoms with E-state index < -0.39 is 33.4 Å². The molecule has 0 aliphatic carbocycles. The van der Waals surface area contributed by atoms with E-state index in [1.165, 1.54) is 12.3 Å². The minimum atomic E-state index is -3.41. The van der Waals surface area contributed by atoms with Crippen molar-refractivity contribution >= 4 is 22.4 Å². The van der Waals surface area contributed by atoms with Crippen LogP contribution in [0.5, 0.6) is 0 Å². The molecule has 1 aliphatic rings. The van der Waals surface area contributed by atoms with Gasteiger partial charge in [-0.2, -0.15) is 0 Å². The number of hydrogen-bond acceptors (Lipinski definition) is 5. The van der Waals surface area contributed by atoms with Crippen LogP contribution < -0.4 is 5.46 Å². The van der Waals surface area contributed by atoms with Crippen LogP contribution >= 0.6 is 0 Å². The Morgan fingerprint density at radius 2 is 1.67 bits per heavy atom. The summed E-state index contributed by atoms with van der Waals surface area (Å²) in [6.45, 7) is 11.1. The van der Waals surface area contributed by atoms with Gasteiger partial charge < -0.3 is 9.31 Å². The highest BCUT2D eigenvalue weighted by Crippen LogP contribution is 2.36. The van der Waals surface area contributed by atoms with Crippen LogP contribution in [0.2, 0.25) is 0 Å². The van der Waals surface area contributed by atoms with E-state index in [4.69, 9.17) is 9.31 Å². The van der Waals surface area contributed by atoms with Gasteiger partial charge in [0, 0.05) is 6.20 Å². The molecule has 0 amide bonds. The van der Waals surface area contributed by atoms with Crippen LogP contribution in [0, 0.1) is 0 Å². The van der Waals surface area contributed by atoms with Crippen LogP contribution in [-0.2, 0) is 19.1 Å². The van der Waals surface area contributed by atoms with Crippen molar-refractivity contribution in [1.29, 1.82) is 0 Å². The summed E-state index contributed by atoms with van der Waals surface area (Å²) < 4.78 is 36.3. The van der Waals surface area contributed by atoms with Gasteiger partial charge in [-0.1, -0.05) is 0 Å². The van der Waals surface area contributed by atoms with E-state index in [9.17, 15) is 8.42 Å². The standard InChI is InChI=1S/C14H22BNO4S/c1-10(2)21(17,18)12-9-11(7-8-16-12)15-19-13(3,4)14(5,6)20-15/h7-10H,1-6H3. The van der Waals surface area contributed by atoms with Crippen molar-refractivity contribution in [3.8, 4) is 0 Å². The van der Waals surface area contributed by atoms with Gasteiger partial charge >= 0.3 is 7.12 Å². The average Bonchev–Trinajstić information content (AvgIpc) is 2.58. The van der Waals surface area contributed by atoms with Crippen molar-refractivity contribution in [2.24, 2.45) is 0 Å². The smallest absolute Gasteiger partial charge is 0.399 e. The Hall–Kier alpha value is -0.915. The molecule has 1 saturated heterocycles. The Bertz CT molecular complexity index is 624. The summed E-state index contributed by atoms with van der Waals surface area (Å²) >= 11 is 0. The molecular weight excluding hydrogens is 289 g/mol. The SMILES string of the molecule is CC(C)S(=O)(=O)c1cc(B2OC(C)(C)C(C)(C)O2)ccn1. The average molecular weight is 311 g/mol. The van der Waals surface area contributed by atoms with E-state index in [0.717, 1.165) is 0 Å². The number of aromatic nitrogens is 1. The van der Waals surface area contributed by atoms with Crippen LogP contribution in [0.1, 0.15) is 41.5 Å². The zero-order chi connectivity index (χ0) is 16.1. The Balaban J connectivity index is 2.37. The summed E-state index contributed by atoms with van der Waals surface area (Å²) in [5, 5.41) is -0.455. The second-order valence-electron chi connectivity index (χ2n) is 6.61. The lowest BCUT2D eigenvalue weighted by atomic mass is 9.80. The van der Waals surface area contributed by atoms with E-state index in [2.05, 4.69) is 4.98 Å². The topological polar surface area (TPSA) is 65.5 Å². The zero-order valence-electron chi connectivity index (χ0n) is 13.4. The normalized spacial score (nSPS) is 21.0. The molecule has 1 aromatic rings. The summed E-state index contributed by atoms with van der Waals surface area (Å²) in [6, 6.07) is 3.26. The summed E-state index contributed by atoms with van der Waals surface area (Å²) in [5.41, 5.74) is -0.251. The van der Waals surface area contributed by atoms with Gasteiger partial charge in [-0.25, -0.2) is 13.4 Å². The van der Waals surface area contributed by atoms with Crippen LogP contribution in [0.4, 0.5) is 0 Å². The number of rotatable bonds is 3. The summed E-state index contributed by atoms with van der Waals surface area (Å²) in [7, 11) is -3.99. The third-order valence-electron chi connectivity index (χ3n) is 4.20. The lowest BCUT2D eigenvalue weighted by molar-refractivity contribution is 0.00578. The Morgan fingerprint density at radius 3 is 2.14 bits per heavy atom. The third kappa shape index (κ3) is 2.87. The number of nitrogens with zero attached hydrogens (tertiary/aromatic N) is 1. The van der Waals surface area contributed by atoms with Gasteiger partial charge in [0.25, 0.3) is 0 Å². The lowest BCUT2D eigenvalue weighted by Gasteiger charge is -2.32. The molecule has 1 aromatic heterocycles. The summed E-state index contributed by atoms with van der Waals surface area (Å²) in [6.07, 6.45) is 1.48. The van der Waals surface area contributed by atoms with Crippen molar-refractivity contribution in [1.82, 2.24) is 4.98 Å². The van der Waals surface area contributed by atoms with Gasteiger partial charge in [0.05, 0.1) is 16.5 Å². The highest BCUT2D eigenvalue weighted by Gasteiger charge is 2.51. The van der Waals surface area contributed by atoms with Crippen LogP contribution in [-0.4, -0.2) is 37.0 Å². The van der Waals surface area contributed by atoms with Crippen molar-refractivity contribution in [3.05, 3.63) is 18.3 Å². The fraction of sp³-hybridized carbons (Fsp3) is 0.643. The fourth-order valence-corrected chi connectivity index (χ4v) is 2.94. The van der Waals surface area contributed by atoms with Gasteiger partial charge in [-0.05, 0) is 59.1 Å². The first-order valence-electron chi connectivity index (χ1n) is 7.03. The summed E-state index contributed by atoms with van der Waals surface area (Å²) in [5.74, 6) is 0. The maximum Gasteiger partial charge on any atom is 0.494 e. The molecule has 0 aromatic carbocycles. The zero-order valence-corrected chi connectivity index (χ0v) is 14.2. The maximum atomic E-state index is 12.2. The Morgan fingerprint density at radius 1 is 1.14 bits per heavy atom. The Labute approximate surface area is 127 Å². The number of sulfone groups is 1. The summed E-state index contributed by atoms with van der Waals surface area (Å²) in [4.78, 5) is 3.98. The molecule has 21 heavy (non-hydrogen) atoms. The molecule has 1 fully saturated rings. The number of hydrogen-bond donors (Lipinski definition) is 0. The molecule has 0 atom stereocenters. The van der Waals surface area contributed by atoms with Gasteiger partial charge in [0.1, 0.15) is 0 Å². The molecular formula is C14H22BNO4S. The monoisotopic (exact) mass is 311 g/mol. The molecule has 2 rings (SSSR count). The van der Waals surface area contributed by atoms with Gasteiger partial charge in [0.2, 0.25) is 0 Å². The van der Waals surface area contributed by atoms with Crippen molar-refractivity contribution in [3.63, 3.8) is 0 Å². The molecule has 7 heteroatoms. The van der Waals surface area contributed by atoms with E-state index in [1.54, 1.807) is 19.9 Å². The highest BCUT2D eigenvalue weighted by molar-refractivity contribution is 7.91. The molecule has 0 N–H and O–H groups in total. The molecule has 116 valence electrons. The van der Waals surface area contributed by atoms with Crippen molar-refractivity contribution < 1.29 is 17.7 Å². The predicted octanol–water partition coefficient (Wildman–Crippen LogP) is 1.56. The first-order chi connectivity index (χ1) is 9.47.